The van der Waals surface area contributed by atoms with Gasteiger partial charge in [0.15, 0.2) is 0 Å². The highest BCUT2D eigenvalue weighted by Gasteiger charge is 2.23. The van der Waals surface area contributed by atoms with E-state index in [9.17, 15) is 5.11 Å². The number of hydrogen-bond donors (Lipinski definition) is 2. The van der Waals surface area contributed by atoms with Gasteiger partial charge in [-0.25, -0.2) is 0 Å². The number of likely N-dealkylation sites (N-methyl/N-ethyl adjacent to an activating group) is 1. The molecule has 0 spiro atoms. The lowest BCUT2D eigenvalue weighted by Crippen LogP contribution is -2.53. The van der Waals surface area contributed by atoms with Gasteiger partial charge in [-0.1, -0.05) is 6.92 Å². The minimum atomic E-state index is -0.365. The Hall–Kier alpha value is -0.160. The van der Waals surface area contributed by atoms with Crippen LogP contribution in [0.5, 0.6) is 0 Å². The first-order valence-corrected chi connectivity index (χ1v) is 5.48. The van der Waals surface area contributed by atoms with Crippen LogP contribution >= 0.6 is 0 Å². The molecule has 1 saturated heterocycles. The molecule has 84 valence electrons. The number of β-amino-alcohol motifs (C(OH)–C–C–N with tert-alkyl or cyclic N) is 1. The molecule has 2 unspecified atom stereocenters. The summed E-state index contributed by atoms with van der Waals surface area (Å²) in [6.45, 7) is 6.50. The van der Waals surface area contributed by atoms with Gasteiger partial charge < -0.3 is 15.7 Å². The number of aliphatic hydroxyl groups is 1. The number of aliphatic hydroxyl groups excluding tert-OH is 1. The molecule has 1 fully saturated rings. The third-order valence-corrected chi connectivity index (χ3v) is 3.07. The van der Waals surface area contributed by atoms with E-state index in [0.29, 0.717) is 12.6 Å². The Morgan fingerprint density at radius 2 is 2.21 bits per heavy atom. The maximum Gasteiger partial charge on any atom is 0.0789 e. The molecule has 0 aliphatic carbocycles. The molecule has 0 aromatic rings. The maximum absolute atomic E-state index is 9.45. The summed E-state index contributed by atoms with van der Waals surface area (Å²) in [4.78, 5) is 4.71. The molecule has 1 aliphatic heterocycles. The minimum absolute atomic E-state index is 0.364. The highest BCUT2D eigenvalue weighted by atomic mass is 16.3. The van der Waals surface area contributed by atoms with E-state index >= 15 is 0 Å². The van der Waals surface area contributed by atoms with E-state index < -0.39 is 0 Å². The van der Waals surface area contributed by atoms with E-state index in [1.165, 1.54) is 6.42 Å². The fourth-order valence-electron chi connectivity index (χ4n) is 1.99. The van der Waals surface area contributed by atoms with Crippen LogP contribution < -0.4 is 5.73 Å². The van der Waals surface area contributed by atoms with E-state index in [1.54, 1.807) is 0 Å². The Balaban J connectivity index is 2.34. The van der Waals surface area contributed by atoms with Crippen molar-refractivity contribution in [3.05, 3.63) is 0 Å². The maximum atomic E-state index is 9.45. The second-order valence-electron chi connectivity index (χ2n) is 4.19. The summed E-state index contributed by atoms with van der Waals surface area (Å²) >= 11 is 0. The highest BCUT2D eigenvalue weighted by molar-refractivity contribution is 4.80. The Morgan fingerprint density at radius 1 is 1.50 bits per heavy atom. The molecule has 14 heavy (non-hydrogen) atoms. The van der Waals surface area contributed by atoms with Gasteiger partial charge in [-0.2, -0.15) is 0 Å². The van der Waals surface area contributed by atoms with Gasteiger partial charge in [-0.3, -0.25) is 4.90 Å². The Kier molecular flexibility index (Phi) is 4.81. The third-order valence-electron chi connectivity index (χ3n) is 3.07. The van der Waals surface area contributed by atoms with Crippen LogP contribution in [0.2, 0.25) is 0 Å². The van der Waals surface area contributed by atoms with Crippen molar-refractivity contribution >= 4 is 0 Å². The molecule has 4 heteroatoms. The van der Waals surface area contributed by atoms with Gasteiger partial charge >= 0.3 is 0 Å². The molecule has 0 aromatic carbocycles. The first kappa shape index (κ1) is 11.9. The fraction of sp³-hybridized carbons (Fsp3) is 1.00. The SMILES string of the molecule is CCC1CN(CC(O)CN)CCN1C. The topological polar surface area (TPSA) is 52.7 Å². The van der Waals surface area contributed by atoms with Crippen molar-refractivity contribution in [3.63, 3.8) is 0 Å². The molecule has 1 aliphatic rings. The van der Waals surface area contributed by atoms with Crippen molar-refractivity contribution in [1.29, 1.82) is 0 Å². The van der Waals surface area contributed by atoms with Crippen LogP contribution in [0.25, 0.3) is 0 Å². The molecule has 1 rings (SSSR count). The highest BCUT2D eigenvalue weighted by Crippen LogP contribution is 2.10. The summed E-state index contributed by atoms with van der Waals surface area (Å²) in [6.07, 6.45) is 0.807. The predicted molar refractivity (Wildman–Crippen MR) is 58.2 cm³/mol. The van der Waals surface area contributed by atoms with Gasteiger partial charge in [0.05, 0.1) is 6.10 Å². The Labute approximate surface area is 86.7 Å². The number of nitrogens with zero attached hydrogens (tertiary/aromatic N) is 2. The standard InChI is InChI=1S/C10H23N3O/c1-3-9-7-13(5-4-12(9)2)8-10(14)6-11/h9-10,14H,3-8,11H2,1-2H3. The second-order valence-corrected chi connectivity index (χ2v) is 4.19. The lowest BCUT2D eigenvalue weighted by molar-refractivity contribution is 0.0534. The van der Waals surface area contributed by atoms with Gasteiger partial charge in [-0.05, 0) is 13.5 Å². The van der Waals surface area contributed by atoms with Crippen molar-refractivity contribution < 1.29 is 5.11 Å². The van der Waals surface area contributed by atoms with Gasteiger partial charge in [0.2, 0.25) is 0 Å². The summed E-state index contributed by atoms with van der Waals surface area (Å²) < 4.78 is 0. The zero-order chi connectivity index (χ0) is 10.6. The molecule has 4 nitrogen and oxygen atoms in total. The Morgan fingerprint density at radius 3 is 2.79 bits per heavy atom. The van der Waals surface area contributed by atoms with Crippen LogP contribution in [-0.4, -0.2) is 66.8 Å². The Bertz CT molecular complexity index is 165. The van der Waals surface area contributed by atoms with Crippen LogP contribution in [0.4, 0.5) is 0 Å². The molecule has 0 amide bonds. The molecule has 0 aromatic heterocycles. The van der Waals surface area contributed by atoms with Crippen LogP contribution in [0.15, 0.2) is 0 Å². The summed E-state index contributed by atoms with van der Waals surface area (Å²) in [6, 6.07) is 0.633. The number of piperazine rings is 1. The second kappa shape index (κ2) is 5.66. The molecule has 2 atom stereocenters. The zero-order valence-electron chi connectivity index (χ0n) is 9.32. The van der Waals surface area contributed by atoms with Gasteiger partial charge in [0, 0.05) is 38.8 Å². The van der Waals surface area contributed by atoms with Crippen molar-refractivity contribution in [3.8, 4) is 0 Å². The first-order valence-electron chi connectivity index (χ1n) is 5.48. The van der Waals surface area contributed by atoms with Gasteiger partial charge in [0.25, 0.3) is 0 Å². The van der Waals surface area contributed by atoms with E-state index in [4.69, 9.17) is 5.73 Å². The lowest BCUT2D eigenvalue weighted by atomic mass is 10.1. The molecule has 0 bridgehead atoms. The van der Waals surface area contributed by atoms with Crippen molar-refractivity contribution in [2.75, 3.05) is 39.8 Å². The number of hydrogen-bond acceptors (Lipinski definition) is 4. The lowest BCUT2D eigenvalue weighted by Gasteiger charge is -2.39. The molecular weight excluding hydrogens is 178 g/mol. The van der Waals surface area contributed by atoms with Crippen molar-refractivity contribution in [2.45, 2.75) is 25.5 Å². The zero-order valence-corrected chi connectivity index (χ0v) is 9.32. The van der Waals surface area contributed by atoms with E-state index in [2.05, 4.69) is 23.8 Å². The van der Waals surface area contributed by atoms with Crippen LogP contribution in [0.1, 0.15) is 13.3 Å². The van der Waals surface area contributed by atoms with E-state index in [0.717, 1.165) is 26.2 Å². The third kappa shape index (κ3) is 3.20. The van der Waals surface area contributed by atoms with Crippen molar-refractivity contribution in [2.24, 2.45) is 5.73 Å². The predicted octanol–water partition coefficient (Wildman–Crippen LogP) is -0.668. The summed E-state index contributed by atoms with van der Waals surface area (Å²) in [7, 11) is 2.17. The van der Waals surface area contributed by atoms with Crippen molar-refractivity contribution in [1.82, 2.24) is 9.80 Å². The van der Waals surface area contributed by atoms with E-state index in [-0.39, 0.29) is 6.10 Å². The quantitative estimate of drug-likeness (QED) is 0.633. The summed E-state index contributed by atoms with van der Waals surface area (Å²) in [5.74, 6) is 0. The number of nitrogens with two attached hydrogens (primary N) is 1. The largest absolute Gasteiger partial charge is 0.390 e. The summed E-state index contributed by atoms with van der Waals surface area (Å²) in [5.41, 5.74) is 5.40. The smallest absolute Gasteiger partial charge is 0.0789 e. The molecular formula is C10H23N3O. The first-order chi connectivity index (χ1) is 6.67. The van der Waals surface area contributed by atoms with Gasteiger partial charge in [0.1, 0.15) is 0 Å². The van der Waals surface area contributed by atoms with E-state index in [1.807, 2.05) is 0 Å². The molecule has 0 radical (unpaired) electrons. The van der Waals surface area contributed by atoms with Crippen LogP contribution in [0, 0.1) is 0 Å². The molecule has 0 saturated carbocycles. The average Bonchev–Trinajstić information content (AvgIpc) is 2.20. The summed E-state index contributed by atoms with van der Waals surface area (Å²) in [5, 5.41) is 9.45. The normalized spacial score (nSPS) is 27.9. The molecule has 3 N–H and O–H groups in total. The number of rotatable bonds is 4. The monoisotopic (exact) mass is 201 g/mol. The van der Waals surface area contributed by atoms with Crippen LogP contribution in [0.3, 0.4) is 0 Å². The minimum Gasteiger partial charge on any atom is -0.390 e. The van der Waals surface area contributed by atoms with Gasteiger partial charge in [-0.15, -0.1) is 0 Å². The van der Waals surface area contributed by atoms with Crippen LogP contribution in [-0.2, 0) is 0 Å². The molecule has 1 heterocycles. The average molecular weight is 201 g/mol. The fourth-order valence-corrected chi connectivity index (χ4v) is 1.99.